The van der Waals surface area contributed by atoms with Gasteiger partial charge in [-0.25, -0.2) is 0 Å². The molecule has 0 aliphatic heterocycles. The average molecular weight is 266 g/mol. The number of hydrogen-bond donors (Lipinski definition) is 0. The summed E-state index contributed by atoms with van der Waals surface area (Å²) < 4.78 is 0. The van der Waals surface area contributed by atoms with E-state index < -0.39 is 0 Å². The summed E-state index contributed by atoms with van der Waals surface area (Å²) in [6, 6.07) is 22.0. The summed E-state index contributed by atoms with van der Waals surface area (Å²) in [7, 11) is 0. The highest BCUT2D eigenvalue weighted by atomic mass is 35.5. The highest BCUT2D eigenvalue weighted by Crippen LogP contribution is 2.30. The summed E-state index contributed by atoms with van der Waals surface area (Å²) in [6.07, 6.45) is 1.83. The number of rotatable bonds is 2. The fourth-order valence-corrected chi connectivity index (χ4v) is 2.29. The van der Waals surface area contributed by atoms with Gasteiger partial charge in [0.2, 0.25) is 0 Å². The first-order valence-corrected chi connectivity index (χ1v) is 6.49. The van der Waals surface area contributed by atoms with E-state index in [-0.39, 0.29) is 0 Å². The highest BCUT2D eigenvalue weighted by Gasteiger charge is 2.06. The Morgan fingerprint density at radius 3 is 1.89 bits per heavy atom. The minimum atomic E-state index is 0.722. The molecule has 0 atom stereocenters. The average Bonchev–Trinajstić information content (AvgIpc) is 2.49. The van der Waals surface area contributed by atoms with Crippen LogP contribution in [0.25, 0.3) is 22.4 Å². The Balaban J connectivity index is 2.04. The first kappa shape index (κ1) is 11.9. The number of pyridine rings is 1. The first-order valence-electron chi connectivity index (χ1n) is 6.11. The molecule has 0 N–H and O–H groups in total. The fourth-order valence-electron chi connectivity index (χ4n) is 2.03. The van der Waals surface area contributed by atoms with Gasteiger partial charge >= 0.3 is 0 Å². The molecular formula is C17H12ClN. The van der Waals surface area contributed by atoms with Crippen molar-refractivity contribution in [1.82, 2.24) is 4.98 Å². The van der Waals surface area contributed by atoms with Gasteiger partial charge in [-0.05, 0) is 11.6 Å². The number of benzene rings is 2. The van der Waals surface area contributed by atoms with Gasteiger partial charge in [-0.15, -0.1) is 0 Å². The second-order valence-corrected chi connectivity index (χ2v) is 4.69. The van der Waals surface area contributed by atoms with Crippen LogP contribution in [-0.4, -0.2) is 4.98 Å². The molecule has 2 heteroatoms. The second-order valence-electron chi connectivity index (χ2n) is 4.28. The molecule has 0 radical (unpaired) electrons. The Kier molecular flexibility index (Phi) is 3.30. The number of hydrogen-bond acceptors (Lipinski definition) is 1. The summed E-state index contributed by atoms with van der Waals surface area (Å²) in [6.45, 7) is 0. The molecule has 1 aromatic heterocycles. The maximum absolute atomic E-state index is 6.37. The van der Waals surface area contributed by atoms with Crippen LogP contribution in [0.1, 0.15) is 0 Å². The molecule has 0 unspecified atom stereocenters. The number of nitrogens with zero attached hydrogens (tertiary/aromatic N) is 1. The van der Waals surface area contributed by atoms with Gasteiger partial charge in [0, 0.05) is 17.3 Å². The Bertz CT molecular complexity index is 678. The van der Waals surface area contributed by atoms with Gasteiger partial charge in [-0.1, -0.05) is 72.3 Å². The van der Waals surface area contributed by atoms with Crippen LogP contribution in [0.3, 0.4) is 0 Å². The van der Waals surface area contributed by atoms with Crippen LogP contribution in [0.5, 0.6) is 0 Å². The van der Waals surface area contributed by atoms with E-state index in [4.69, 9.17) is 11.6 Å². The van der Waals surface area contributed by atoms with Gasteiger partial charge in [0.25, 0.3) is 0 Å². The first-order chi connectivity index (χ1) is 9.34. The van der Waals surface area contributed by atoms with Gasteiger partial charge in [0.15, 0.2) is 0 Å². The predicted octanol–water partition coefficient (Wildman–Crippen LogP) is 5.07. The zero-order valence-corrected chi connectivity index (χ0v) is 11.0. The van der Waals surface area contributed by atoms with Crippen LogP contribution in [0.4, 0.5) is 0 Å². The molecule has 1 heterocycles. The van der Waals surface area contributed by atoms with E-state index in [1.165, 1.54) is 0 Å². The molecule has 0 aliphatic rings. The van der Waals surface area contributed by atoms with Crippen LogP contribution in [0, 0.1) is 0 Å². The Morgan fingerprint density at radius 1 is 0.737 bits per heavy atom. The normalized spacial score (nSPS) is 10.4. The summed E-state index contributed by atoms with van der Waals surface area (Å²) in [5, 5.41) is 0.722. The van der Waals surface area contributed by atoms with Gasteiger partial charge in [-0.2, -0.15) is 0 Å². The van der Waals surface area contributed by atoms with Crippen molar-refractivity contribution in [3.8, 4) is 22.4 Å². The fraction of sp³-hybridized carbons (Fsp3) is 0. The van der Waals surface area contributed by atoms with Crippen LogP contribution >= 0.6 is 11.6 Å². The highest BCUT2D eigenvalue weighted by molar-refractivity contribution is 6.33. The monoisotopic (exact) mass is 265 g/mol. The van der Waals surface area contributed by atoms with E-state index >= 15 is 0 Å². The molecule has 3 rings (SSSR count). The van der Waals surface area contributed by atoms with Crippen LogP contribution in [-0.2, 0) is 0 Å². The van der Waals surface area contributed by atoms with E-state index in [1.54, 1.807) is 0 Å². The predicted molar refractivity (Wildman–Crippen MR) is 80.1 cm³/mol. The topological polar surface area (TPSA) is 12.9 Å². The molecule has 19 heavy (non-hydrogen) atoms. The van der Waals surface area contributed by atoms with Crippen molar-refractivity contribution in [1.29, 1.82) is 0 Å². The van der Waals surface area contributed by atoms with Crippen LogP contribution in [0.2, 0.25) is 5.02 Å². The summed E-state index contributed by atoms with van der Waals surface area (Å²) in [4.78, 5) is 4.50. The Morgan fingerprint density at radius 2 is 1.32 bits per heavy atom. The summed E-state index contributed by atoms with van der Waals surface area (Å²) >= 11 is 6.37. The Hall–Kier alpha value is -2.12. The van der Waals surface area contributed by atoms with Gasteiger partial charge in [0.05, 0.1) is 10.7 Å². The zero-order chi connectivity index (χ0) is 13.1. The molecule has 0 bridgehead atoms. The minimum absolute atomic E-state index is 0.722. The SMILES string of the molecule is Clc1cc(-c2ccccc2)ncc1-c1ccccc1. The third-order valence-corrected chi connectivity index (χ3v) is 3.32. The van der Waals surface area contributed by atoms with Gasteiger partial charge in [0.1, 0.15) is 0 Å². The van der Waals surface area contributed by atoms with Gasteiger partial charge < -0.3 is 0 Å². The van der Waals surface area contributed by atoms with E-state index in [9.17, 15) is 0 Å². The molecule has 0 saturated heterocycles. The molecule has 1 nitrogen and oxygen atoms in total. The van der Waals surface area contributed by atoms with Crippen molar-refractivity contribution in [2.24, 2.45) is 0 Å². The van der Waals surface area contributed by atoms with Crippen LogP contribution < -0.4 is 0 Å². The van der Waals surface area contributed by atoms with Crippen molar-refractivity contribution in [3.05, 3.63) is 77.9 Å². The number of halogens is 1. The molecular weight excluding hydrogens is 254 g/mol. The quantitative estimate of drug-likeness (QED) is 0.630. The van der Waals surface area contributed by atoms with Crippen molar-refractivity contribution < 1.29 is 0 Å². The lowest BCUT2D eigenvalue weighted by Crippen LogP contribution is -1.86. The third kappa shape index (κ3) is 2.51. The molecule has 0 saturated carbocycles. The molecule has 92 valence electrons. The van der Waals surface area contributed by atoms with Crippen molar-refractivity contribution in [2.45, 2.75) is 0 Å². The molecule has 0 spiro atoms. The van der Waals surface area contributed by atoms with Crippen molar-refractivity contribution in [2.75, 3.05) is 0 Å². The molecule has 0 aliphatic carbocycles. The lowest BCUT2D eigenvalue weighted by atomic mass is 10.1. The van der Waals surface area contributed by atoms with Crippen molar-refractivity contribution in [3.63, 3.8) is 0 Å². The third-order valence-electron chi connectivity index (χ3n) is 3.01. The van der Waals surface area contributed by atoms with Crippen molar-refractivity contribution >= 4 is 11.6 Å². The standard InChI is InChI=1S/C17H12ClN/c18-16-11-17(14-9-5-2-6-10-14)19-12-15(16)13-7-3-1-4-8-13/h1-12H. The maximum atomic E-state index is 6.37. The van der Waals surface area contributed by atoms with Crippen LogP contribution in [0.15, 0.2) is 72.9 Å². The van der Waals surface area contributed by atoms with E-state index in [1.807, 2.05) is 72.9 Å². The van der Waals surface area contributed by atoms with E-state index in [0.29, 0.717) is 0 Å². The molecule has 0 fully saturated rings. The lowest BCUT2D eigenvalue weighted by Gasteiger charge is -2.06. The number of aromatic nitrogens is 1. The Labute approximate surface area is 117 Å². The lowest BCUT2D eigenvalue weighted by molar-refractivity contribution is 1.32. The van der Waals surface area contributed by atoms with E-state index in [0.717, 1.165) is 27.4 Å². The largest absolute Gasteiger partial charge is 0.256 e. The smallest absolute Gasteiger partial charge is 0.0717 e. The summed E-state index contributed by atoms with van der Waals surface area (Å²) in [5.41, 5.74) is 4.01. The van der Waals surface area contributed by atoms with E-state index in [2.05, 4.69) is 4.98 Å². The maximum Gasteiger partial charge on any atom is 0.0717 e. The summed E-state index contributed by atoms with van der Waals surface area (Å²) in [5.74, 6) is 0. The second kappa shape index (κ2) is 5.25. The minimum Gasteiger partial charge on any atom is -0.256 e. The van der Waals surface area contributed by atoms with Gasteiger partial charge in [-0.3, -0.25) is 4.98 Å². The molecule has 3 aromatic rings. The molecule has 2 aromatic carbocycles. The molecule has 0 amide bonds. The zero-order valence-electron chi connectivity index (χ0n) is 10.3.